The summed E-state index contributed by atoms with van der Waals surface area (Å²) in [5.74, 6) is -0.531. The number of fused-ring (bicyclic) bond motifs is 1. The summed E-state index contributed by atoms with van der Waals surface area (Å²) in [5.41, 5.74) is 1.81. The van der Waals surface area contributed by atoms with E-state index < -0.39 is 18.0 Å². The van der Waals surface area contributed by atoms with E-state index in [1.54, 1.807) is 68.5 Å². The van der Waals surface area contributed by atoms with Gasteiger partial charge in [-0.1, -0.05) is 53.3 Å². The highest BCUT2D eigenvalue weighted by Crippen LogP contribution is 2.34. The molecule has 0 fully saturated rings. The molecule has 0 spiro atoms. The van der Waals surface area contributed by atoms with Crippen LogP contribution in [0.4, 0.5) is 0 Å². The minimum absolute atomic E-state index is 0.193. The third kappa shape index (κ3) is 4.60. The second kappa shape index (κ2) is 9.79. The van der Waals surface area contributed by atoms with Gasteiger partial charge in [0.05, 0.1) is 22.4 Å². The maximum Gasteiger partial charge on any atom is 0.338 e. The van der Waals surface area contributed by atoms with E-state index in [0.717, 1.165) is 5.56 Å². The minimum atomic E-state index is -0.766. The van der Waals surface area contributed by atoms with Crippen LogP contribution < -0.4 is 19.6 Å². The van der Waals surface area contributed by atoms with Crippen LogP contribution in [0.2, 0.25) is 5.02 Å². The fourth-order valence-electron chi connectivity index (χ4n) is 3.73. The summed E-state index contributed by atoms with van der Waals surface area (Å²) >= 11 is 7.72. The van der Waals surface area contributed by atoms with Gasteiger partial charge in [0, 0.05) is 11.9 Å². The zero-order chi connectivity index (χ0) is 24.4. The molecule has 9 heteroatoms. The zero-order valence-electron chi connectivity index (χ0n) is 18.7. The number of hydrogen-bond donors (Lipinski definition) is 0. The fourth-order valence-corrected chi connectivity index (χ4v) is 5.02. The van der Waals surface area contributed by atoms with Crippen molar-refractivity contribution >= 4 is 41.0 Å². The molecule has 3 aromatic rings. The molecule has 174 valence electrons. The fraction of sp³-hybridized carbons (Fsp3) is 0.200. The molecule has 2 aromatic carbocycles. The average molecular weight is 497 g/mol. The molecule has 1 aliphatic rings. The minimum Gasteiger partial charge on any atom is -0.463 e. The van der Waals surface area contributed by atoms with Gasteiger partial charge in [-0.25, -0.2) is 9.79 Å². The first-order valence-electron chi connectivity index (χ1n) is 10.5. The van der Waals surface area contributed by atoms with E-state index in [9.17, 15) is 14.4 Å². The number of rotatable bonds is 5. The van der Waals surface area contributed by atoms with Gasteiger partial charge in [0.25, 0.3) is 5.56 Å². The van der Waals surface area contributed by atoms with Crippen LogP contribution in [0.5, 0.6) is 5.75 Å². The first kappa shape index (κ1) is 23.7. The highest BCUT2D eigenvalue weighted by atomic mass is 35.5. The van der Waals surface area contributed by atoms with Crippen LogP contribution in [-0.4, -0.2) is 23.1 Å². The van der Waals surface area contributed by atoms with E-state index in [-0.39, 0.29) is 17.7 Å². The van der Waals surface area contributed by atoms with Crippen molar-refractivity contribution in [2.24, 2.45) is 4.99 Å². The Kier molecular flexibility index (Phi) is 6.81. The van der Waals surface area contributed by atoms with E-state index in [0.29, 0.717) is 31.4 Å². The molecule has 4 rings (SSSR count). The van der Waals surface area contributed by atoms with Crippen molar-refractivity contribution in [2.75, 3.05) is 6.61 Å². The number of nitrogens with zero attached hydrogens (tertiary/aromatic N) is 2. The molecular formula is C25H21ClN2O5S. The van der Waals surface area contributed by atoms with Crippen LogP contribution in [0.15, 0.2) is 69.6 Å². The monoisotopic (exact) mass is 496 g/mol. The first-order chi connectivity index (χ1) is 16.3. The van der Waals surface area contributed by atoms with Crippen LogP contribution in [0, 0.1) is 0 Å². The highest BCUT2D eigenvalue weighted by Gasteiger charge is 2.34. The van der Waals surface area contributed by atoms with Gasteiger partial charge in [0.2, 0.25) is 0 Å². The molecule has 1 atom stereocenters. The molecule has 0 N–H and O–H groups in total. The topological polar surface area (TPSA) is 87.0 Å². The van der Waals surface area contributed by atoms with Gasteiger partial charge >= 0.3 is 11.9 Å². The number of aromatic nitrogens is 1. The lowest BCUT2D eigenvalue weighted by Crippen LogP contribution is -2.40. The van der Waals surface area contributed by atoms with Gasteiger partial charge in [-0.3, -0.25) is 14.2 Å². The maximum atomic E-state index is 13.6. The predicted molar refractivity (Wildman–Crippen MR) is 130 cm³/mol. The number of thiazole rings is 1. The molecule has 34 heavy (non-hydrogen) atoms. The number of carbonyl (C=O) groups excluding carboxylic acids is 2. The lowest BCUT2D eigenvalue weighted by Gasteiger charge is -2.25. The summed E-state index contributed by atoms with van der Waals surface area (Å²) in [7, 11) is 0. The Morgan fingerprint density at radius 1 is 1.18 bits per heavy atom. The summed E-state index contributed by atoms with van der Waals surface area (Å²) in [6.45, 7) is 4.97. The van der Waals surface area contributed by atoms with Gasteiger partial charge in [-0.05, 0) is 49.2 Å². The summed E-state index contributed by atoms with van der Waals surface area (Å²) in [5, 5.41) is 0.430. The summed E-state index contributed by atoms with van der Waals surface area (Å²) in [6.07, 6.45) is 1.73. The molecule has 1 aliphatic heterocycles. The molecule has 0 saturated heterocycles. The second-order valence-electron chi connectivity index (χ2n) is 7.49. The van der Waals surface area contributed by atoms with Gasteiger partial charge in [-0.2, -0.15) is 0 Å². The number of allylic oxidation sites excluding steroid dienone is 1. The molecule has 7 nitrogen and oxygen atoms in total. The Hall–Kier alpha value is -3.49. The Labute approximate surface area is 204 Å². The Morgan fingerprint density at radius 3 is 2.53 bits per heavy atom. The normalized spacial score (nSPS) is 15.5. The Morgan fingerprint density at radius 2 is 1.88 bits per heavy atom. The zero-order valence-corrected chi connectivity index (χ0v) is 20.3. The molecule has 1 aromatic heterocycles. The van der Waals surface area contributed by atoms with Crippen LogP contribution in [0.25, 0.3) is 6.08 Å². The molecule has 0 bridgehead atoms. The third-order valence-corrected chi connectivity index (χ3v) is 6.48. The molecule has 0 saturated carbocycles. The second-order valence-corrected chi connectivity index (χ2v) is 8.90. The SMILES string of the molecule is CCOC(=O)C1=C(C)N=c2s/c(=C\c3ccc(OC(C)=O)cc3)c(=O)n2[C@@H]1c1ccccc1Cl. The number of hydrogen-bond acceptors (Lipinski definition) is 7. The number of benzene rings is 2. The molecule has 0 unspecified atom stereocenters. The van der Waals surface area contributed by atoms with E-state index in [1.165, 1.54) is 22.8 Å². The standard InChI is InChI=1S/C25H21ClN2O5S/c1-4-32-24(31)21-14(2)27-25-28(22(21)18-7-5-6-8-19(18)26)23(30)20(34-25)13-16-9-11-17(12-10-16)33-15(3)29/h5-13,22H,4H2,1-3H3/b20-13-/t22-/m1/s1. The Balaban J connectivity index is 1.88. The van der Waals surface area contributed by atoms with Crippen molar-refractivity contribution in [3.63, 3.8) is 0 Å². The van der Waals surface area contributed by atoms with Crippen LogP contribution >= 0.6 is 22.9 Å². The lowest BCUT2D eigenvalue weighted by atomic mass is 9.96. The van der Waals surface area contributed by atoms with Crippen molar-refractivity contribution in [1.29, 1.82) is 0 Å². The van der Waals surface area contributed by atoms with Crippen molar-refractivity contribution < 1.29 is 19.1 Å². The molecule has 0 radical (unpaired) electrons. The third-order valence-electron chi connectivity index (χ3n) is 5.16. The molecule has 0 aliphatic carbocycles. The predicted octanol–water partition coefficient (Wildman–Crippen LogP) is 3.38. The number of carbonyl (C=O) groups is 2. The van der Waals surface area contributed by atoms with E-state index in [4.69, 9.17) is 21.1 Å². The molecular weight excluding hydrogens is 476 g/mol. The van der Waals surface area contributed by atoms with Crippen molar-refractivity contribution in [3.8, 4) is 5.75 Å². The summed E-state index contributed by atoms with van der Waals surface area (Å²) in [6, 6.07) is 13.1. The van der Waals surface area contributed by atoms with Crippen LogP contribution in [-0.2, 0) is 14.3 Å². The maximum absolute atomic E-state index is 13.6. The van der Waals surface area contributed by atoms with Gasteiger partial charge < -0.3 is 9.47 Å². The Bertz CT molecular complexity index is 1480. The number of halogens is 1. The highest BCUT2D eigenvalue weighted by molar-refractivity contribution is 7.07. The summed E-state index contributed by atoms with van der Waals surface area (Å²) < 4.78 is 12.3. The van der Waals surface area contributed by atoms with E-state index in [2.05, 4.69) is 4.99 Å². The van der Waals surface area contributed by atoms with Gasteiger partial charge in [-0.15, -0.1) is 0 Å². The van der Waals surface area contributed by atoms with E-state index >= 15 is 0 Å². The number of ether oxygens (including phenoxy) is 2. The van der Waals surface area contributed by atoms with Crippen molar-refractivity contribution in [1.82, 2.24) is 4.57 Å². The summed E-state index contributed by atoms with van der Waals surface area (Å²) in [4.78, 5) is 42.6. The molecule has 2 heterocycles. The van der Waals surface area contributed by atoms with Gasteiger partial charge in [0.1, 0.15) is 11.8 Å². The van der Waals surface area contributed by atoms with Crippen LogP contribution in [0.1, 0.15) is 37.9 Å². The lowest BCUT2D eigenvalue weighted by molar-refractivity contribution is -0.139. The quantitative estimate of drug-likeness (QED) is 0.399. The van der Waals surface area contributed by atoms with Crippen LogP contribution in [0.3, 0.4) is 0 Å². The van der Waals surface area contributed by atoms with E-state index in [1.807, 2.05) is 0 Å². The van der Waals surface area contributed by atoms with Crippen molar-refractivity contribution in [3.05, 3.63) is 95.6 Å². The largest absolute Gasteiger partial charge is 0.463 e. The first-order valence-corrected chi connectivity index (χ1v) is 11.7. The smallest absolute Gasteiger partial charge is 0.338 e. The van der Waals surface area contributed by atoms with Crippen molar-refractivity contribution in [2.45, 2.75) is 26.8 Å². The van der Waals surface area contributed by atoms with Gasteiger partial charge in [0.15, 0.2) is 4.80 Å². The molecule has 0 amide bonds. The average Bonchev–Trinajstić information content (AvgIpc) is 3.09. The number of esters is 2.